The SMILES string of the molecule is CCC1CNCC1N1CCC(O)C(C)C1. The third-order valence-electron chi connectivity index (χ3n) is 4.19. The van der Waals surface area contributed by atoms with Crippen LogP contribution in [0.3, 0.4) is 0 Å². The van der Waals surface area contributed by atoms with Crippen molar-refractivity contribution in [3.05, 3.63) is 0 Å². The van der Waals surface area contributed by atoms with Gasteiger partial charge in [0.2, 0.25) is 0 Å². The zero-order valence-electron chi connectivity index (χ0n) is 9.95. The third-order valence-corrected chi connectivity index (χ3v) is 4.19. The van der Waals surface area contributed by atoms with Gasteiger partial charge in [0.15, 0.2) is 0 Å². The smallest absolute Gasteiger partial charge is 0.0590 e. The van der Waals surface area contributed by atoms with Gasteiger partial charge in [0, 0.05) is 25.7 Å². The first-order valence-electron chi connectivity index (χ1n) is 6.35. The van der Waals surface area contributed by atoms with Crippen molar-refractivity contribution in [2.75, 3.05) is 26.2 Å². The molecule has 0 aromatic carbocycles. The van der Waals surface area contributed by atoms with Crippen LogP contribution in [0.25, 0.3) is 0 Å². The predicted octanol–water partition coefficient (Wildman–Crippen LogP) is 0.687. The van der Waals surface area contributed by atoms with E-state index >= 15 is 0 Å². The van der Waals surface area contributed by atoms with E-state index in [0.717, 1.165) is 32.0 Å². The molecule has 0 aromatic heterocycles. The summed E-state index contributed by atoms with van der Waals surface area (Å²) in [6.45, 7) is 8.92. The van der Waals surface area contributed by atoms with Crippen LogP contribution in [0.4, 0.5) is 0 Å². The highest BCUT2D eigenvalue weighted by Gasteiger charge is 2.34. The Bertz CT molecular complexity index is 210. The Morgan fingerprint density at radius 3 is 2.87 bits per heavy atom. The lowest BCUT2D eigenvalue weighted by atomic mass is 9.92. The van der Waals surface area contributed by atoms with E-state index in [2.05, 4.69) is 24.1 Å². The van der Waals surface area contributed by atoms with Crippen molar-refractivity contribution in [2.45, 2.75) is 38.8 Å². The number of nitrogens with zero attached hydrogens (tertiary/aromatic N) is 1. The molecule has 0 spiro atoms. The van der Waals surface area contributed by atoms with E-state index in [0.29, 0.717) is 12.0 Å². The molecule has 88 valence electrons. The average molecular weight is 212 g/mol. The highest BCUT2D eigenvalue weighted by Crippen LogP contribution is 2.25. The number of piperidine rings is 1. The molecule has 2 fully saturated rings. The summed E-state index contributed by atoms with van der Waals surface area (Å²) in [5.74, 6) is 1.25. The summed E-state index contributed by atoms with van der Waals surface area (Å²) in [5, 5.41) is 13.2. The average Bonchev–Trinajstić information content (AvgIpc) is 2.70. The first kappa shape index (κ1) is 11.4. The van der Waals surface area contributed by atoms with Crippen LogP contribution in [0.2, 0.25) is 0 Å². The van der Waals surface area contributed by atoms with Gasteiger partial charge in [-0.25, -0.2) is 0 Å². The Hall–Kier alpha value is -0.120. The topological polar surface area (TPSA) is 35.5 Å². The molecule has 15 heavy (non-hydrogen) atoms. The second kappa shape index (κ2) is 4.81. The molecule has 2 aliphatic rings. The summed E-state index contributed by atoms with van der Waals surface area (Å²) in [4.78, 5) is 2.59. The van der Waals surface area contributed by atoms with Gasteiger partial charge in [-0.3, -0.25) is 4.90 Å². The van der Waals surface area contributed by atoms with Crippen LogP contribution >= 0.6 is 0 Å². The van der Waals surface area contributed by atoms with Crippen molar-refractivity contribution in [1.82, 2.24) is 10.2 Å². The van der Waals surface area contributed by atoms with Crippen LogP contribution in [-0.2, 0) is 0 Å². The largest absolute Gasteiger partial charge is 0.393 e. The molecule has 0 aliphatic carbocycles. The molecule has 0 aromatic rings. The molecular weight excluding hydrogens is 188 g/mol. The van der Waals surface area contributed by atoms with Crippen LogP contribution in [0.1, 0.15) is 26.7 Å². The van der Waals surface area contributed by atoms with Crippen molar-refractivity contribution in [2.24, 2.45) is 11.8 Å². The highest BCUT2D eigenvalue weighted by molar-refractivity contribution is 4.91. The van der Waals surface area contributed by atoms with Crippen LogP contribution in [0, 0.1) is 11.8 Å². The van der Waals surface area contributed by atoms with Gasteiger partial charge in [-0.1, -0.05) is 20.3 Å². The molecule has 4 atom stereocenters. The maximum Gasteiger partial charge on any atom is 0.0590 e. The van der Waals surface area contributed by atoms with E-state index in [1.54, 1.807) is 0 Å². The van der Waals surface area contributed by atoms with Crippen molar-refractivity contribution in [1.29, 1.82) is 0 Å². The molecule has 0 bridgehead atoms. The Morgan fingerprint density at radius 2 is 2.20 bits per heavy atom. The van der Waals surface area contributed by atoms with E-state index in [-0.39, 0.29) is 6.10 Å². The van der Waals surface area contributed by atoms with E-state index in [4.69, 9.17) is 0 Å². The summed E-state index contributed by atoms with van der Waals surface area (Å²) in [5.41, 5.74) is 0. The number of nitrogens with one attached hydrogen (secondary N) is 1. The Balaban J connectivity index is 1.93. The second-order valence-electron chi connectivity index (χ2n) is 5.22. The molecule has 2 aliphatic heterocycles. The van der Waals surface area contributed by atoms with Crippen LogP contribution in [0.15, 0.2) is 0 Å². The standard InChI is InChI=1S/C12H24N2O/c1-3-10-6-13-7-11(10)14-5-4-12(15)9(2)8-14/h9-13,15H,3-8H2,1-2H3. The number of rotatable bonds is 2. The first-order valence-corrected chi connectivity index (χ1v) is 6.35. The Morgan fingerprint density at radius 1 is 1.40 bits per heavy atom. The summed E-state index contributed by atoms with van der Waals surface area (Å²) in [6.07, 6.45) is 2.15. The highest BCUT2D eigenvalue weighted by atomic mass is 16.3. The van der Waals surface area contributed by atoms with Gasteiger partial charge in [-0.15, -0.1) is 0 Å². The maximum atomic E-state index is 9.72. The van der Waals surface area contributed by atoms with Crippen LogP contribution < -0.4 is 5.32 Å². The third kappa shape index (κ3) is 2.35. The lowest BCUT2D eigenvalue weighted by molar-refractivity contribution is 0.0124. The zero-order chi connectivity index (χ0) is 10.8. The molecule has 0 saturated carbocycles. The Labute approximate surface area is 92.8 Å². The molecular formula is C12H24N2O. The molecule has 4 unspecified atom stereocenters. The van der Waals surface area contributed by atoms with Crippen molar-refractivity contribution in [3.8, 4) is 0 Å². The summed E-state index contributed by atoms with van der Waals surface area (Å²) in [7, 11) is 0. The number of aliphatic hydroxyl groups is 1. The van der Waals surface area contributed by atoms with Crippen LogP contribution in [-0.4, -0.2) is 48.3 Å². The van der Waals surface area contributed by atoms with E-state index < -0.39 is 0 Å². The van der Waals surface area contributed by atoms with Gasteiger partial charge in [-0.05, 0) is 24.8 Å². The maximum absolute atomic E-state index is 9.72. The molecule has 0 radical (unpaired) electrons. The number of hydrogen-bond donors (Lipinski definition) is 2. The van der Waals surface area contributed by atoms with Gasteiger partial charge in [0.1, 0.15) is 0 Å². The van der Waals surface area contributed by atoms with Gasteiger partial charge in [0.25, 0.3) is 0 Å². The molecule has 2 saturated heterocycles. The molecule has 2 heterocycles. The summed E-state index contributed by atoms with van der Waals surface area (Å²) >= 11 is 0. The number of hydrogen-bond acceptors (Lipinski definition) is 3. The molecule has 2 N–H and O–H groups in total. The van der Waals surface area contributed by atoms with Gasteiger partial charge in [-0.2, -0.15) is 0 Å². The molecule has 3 nitrogen and oxygen atoms in total. The van der Waals surface area contributed by atoms with Crippen molar-refractivity contribution in [3.63, 3.8) is 0 Å². The minimum absolute atomic E-state index is 0.0734. The predicted molar refractivity (Wildman–Crippen MR) is 61.8 cm³/mol. The Kier molecular flexibility index (Phi) is 3.65. The van der Waals surface area contributed by atoms with E-state index in [1.807, 2.05) is 0 Å². The molecule has 3 heteroatoms. The fraction of sp³-hybridized carbons (Fsp3) is 1.00. The zero-order valence-corrected chi connectivity index (χ0v) is 9.95. The van der Waals surface area contributed by atoms with Gasteiger partial charge in [0.05, 0.1) is 6.10 Å². The van der Waals surface area contributed by atoms with Gasteiger partial charge < -0.3 is 10.4 Å². The quantitative estimate of drug-likeness (QED) is 0.707. The summed E-state index contributed by atoms with van der Waals surface area (Å²) < 4.78 is 0. The number of aliphatic hydroxyl groups excluding tert-OH is 1. The van der Waals surface area contributed by atoms with E-state index in [9.17, 15) is 5.11 Å². The normalized spacial score (nSPS) is 43.4. The fourth-order valence-electron chi connectivity index (χ4n) is 3.03. The molecule has 2 rings (SSSR count). The minimum atomic E-state index is -0.0734. The lowest BCUT2D eigenvalue weighted by Crippen LogP contribution is -2.49. The second-order valence-corrected chi connectivity index (χ2v) is 5.22. The monoisotopic (exact) mass is 212 g/mol. The van der Waals surface area contributed by atoms with Crippen molar-refractivity contribution >= 4 is 0 Å². The van der Waals surface area contributed by atoms with Crippen molar-refractivity contribution < 1.29 is 5.11 Å². The fourth-order valence-corrected chi connectivity index (χ4v) is 3.03. The van der Waals surface area contributed by atoms with Gasteiger partial charge >= 0.3 is 0 Å². The minimum Gasteiger partial charge on any atom is -0.393 e. The lowest BCUT2D eigenvalue weighted by Gasteiger charge is -2.39. The van der Waals surface area contributed by atoms with E-state index in [1.165, 1.54) is 13.0 Å². The first-order chi connectivity index (χ1) is 7.22. The number of likely N-dealkylation sites (tertiary alicyclic amines) is 1. The molecule has 0 amide bonds. The van der Waals surface area contributed by atoms with Crippen LogP contribution in [0.5, 0.6) is 0 Å². The summed E-state index contributed by atoms with van der Waals surface area (Å²) in [6, 6.07) is 0.713.